The lowest BCUT2D eigenvalue weighted by Gasteiger charge is -2.33. The number of benzene rings is 1. The zero-order valence-electron chi connectivity index (χ0n) is 24.5. The number of halogens is 5. The van der Waals surface area contributed by atoms with E-state index in [1.165, 1.54) is 35.5 Å². The first-order chi connectivity index (χ1) is 21.3. The minimum absolute atomic E-state index is 0.0318. The van der Waals surface area contributed by atoms with Crippen LogP contribution in [-0.2, 0) is 11.0 Å². The number of aromatic nitrogens is 2. The summed E-state index contributed by atoms with van der Waals surface area (Å²) in [5.74, 6) is -2.84. The Bertz CT molecular complexity index is 1740. The van der Waals surface area contributed by atoms with E-state index in [0.717, 1.165) is 6.07 Å². The number of carbonyl (C=O) groups is 1. The van der Waals surface area contributed by atoms with Gasteiger partial charge in [0, 0.05) is 73.0 Å². The number of furan rings is 1. The van der Waals surface area contributed by atoms with Crippen molar-refractivity contribution < 1.29 is 31.2 Å². The highest BCUT2D eigenvalue weighted by molar-refractivity contribution is 7.80. The summed E-state index contributed by atoms with van der Waals surface area (Å²) in [7, 11) is 0. The number of alkyl halides is 5. The molecule has 1 aromatic carbocycles. The summed E-state index contributed by atoms with van der Waals surface area (Å²) in [5.41, 5.74) is 6.21. The third kappa shape index (κ3) is 6.98. The molecule has 45 heavy (non-hydrogen) atoms. The molecule has 4 heterocycles. The molecule has 13 heteroatoms. The highest BCUT2D eigenvalue weighted by Crippen LogP contribution is 2.41. The number of amides is 1. The fourth-order valence-electron chi connectivity index (χ4n) is 5.13. The molecule has 5 rings (SSSR count). The van der Waals surface area contributed by atoms with Crippen molar-refractivity contribution in [2.24, 2.45) is 0 Å². The summed E-state index contributed by atoms with van der Waals surface area (Å²) in [4.78, 5) is 25.2. The summed E-state index contributed by atoms with van der Waals surface area (Å²) in [6.07, 6.45) is -0.413. The lowest BCUT2D eigenvalue weighted by Crippen LogP contribution is -2.42. The van der Waals surface area contributed by atoms with Gasteiger partial charge in [0.1, 0.15) is 16.4 Å². The number of pyridine rings is 2. The van der Waals surface area contributed by atoms with Gasteiger partial charge in [0.15, 0.2) is 0 Å². The molecule has 2 N–H and O–H groups in total. The number of likely N-dealkylation sites (N-methyl/N-ethyl adjacent to an activating group) is 1. The Balaban J connectivity index is 1.46. The molecule has 0 aliphatic carbocycles. The highest BCUT2D eigenvalue weighted by atomic mass is 32.1. The van der Waals surface area contributed by atoms with Crippen molar-refractivity contribution in [1.82, 2.24) is 14.9 Å². The van der Waals surface area contributed by atoms with Crippen molar-refractivity contribution in [2.45, 2.75) is 45.2 Å². The van der Waals surface area contributed by atoms with Crippen LogP contribution in [0, 0.1) is 0 Å². The number of nitrogen functional groups attached to an aromatic ring is 1. The van der Waals surface area contributed by atoms with E-state index in [1.807, 2.05) is 0 Å². The molecule has 236 valence electrons. The smallest absolute Gasteiger partial charge is 0.420 e. The molecule has 1 aliphatic heterocycles. The Morgan fingerprint density at radius 2 is 1.82 bits per heavy atom. The van der Waals surface area contributed by atoms with Gasteiger partial charge in [-0.25, -0.2) is 13.8 Å². The number of fused-ring (bicyclic) bond motifs is 1. The van der Waals surface area contributed by atoms with E-state index in [1.54, 1.807) is 43.0 Å². The first kappa shape index (κ1) is 32.0. The van der Waals surface area contributed by atoms with Crippen molar-refractivity contribution >= 4 is 51.9 Å². The van der Waals surface area contributed by atoms with Crippen LogP contribution < -0.4 is 10.6 Å². The van der Waals surface area contributed by atoms with Gasteiger partial charge in [0.05, 0.1) is 11.3 Å². The third-order valence-electron chi connectivity index (χ3n) is 7.63. The SMILES string of the molecule is CC/C(=C\c1ccc(N)nc1)C(=O)N(CC)c1cc2cc(-c3ccc(C(=S)N4CCC(F)(F)CC4)cn3)cc(C(F)(F)F)c2o1. The fourth-order valence-corrected chi connectivity index (χ4v) is 5.44. The molecule has 0 radical (unpaired) electrons. The number of thiocarbonyl (C=S) groups is 1. The van der Waals surface area contributed by atoms with Gasteiger partial charge in [-0.15, -0.1) is 0 Å². The van der Waals surface area contributed by atoms with Crippen LogP contribution in [0.15, 0.2) is 64.8 Å². The molecule has 1 fully saturated rings. The van der Waals surface area contributed by atoms with E-state index in [0.29, 0.717) is 33.9 Å². The maximum absolute atomic E-state index is 14.3. The van der Waals surface area contributed by atoms with Crippen LogP contribution in [0.25, 0.3) is 28.3 Å². The van der Waals surface area contributed by atoms with Crippen LogP contribution >= 0.6 is 12.2 Å². The number of likely N-dealkylation sites (tertiary alicyclic amines) is 1. The van der Waals surface area contributed by atoms with Gasteiger partial charge in [-0.3, -0.25) is 14.7 Å². The van der Waals surface area contributed by atoms with Gasteiger partial charge < -0.3 is 15.1 Å². The topological polar surface area (TPSA) is 88.5 Å². The minimum atomic E-state index is -4.76. The first-order valence-electron chi connectivity index (χ1n) is 14.3. The summed E-state index contributed by atoms with van der Waals surface area (Å²) < 4.78 is 75.7. The average molecular weight is 644 g/mol. The standard InChI is InChI=1S/C32H30F5N5O2S/c1-3-20(13-19-5-8-26(38)40-17-19)29(43)42(4-2)27-16-23-14-22(15-24(28(23)44-27)32(35,36)37)25-7-6-21(18-39-25)30(45)41-11-9-31(33,34)10-12-41/h5-8,13-18H,3-4,9-12H2,1-2H3,(H2,38,40)/b20-13+. The maximum Gasteiger partial charge on any atom is 0.420 e. The Kier molecular flexibility index (Phi) is 8.92. The largest absolute Gasteiger partial charge is 0.439 e. The van der Waals surface area contributed by atoms with Crippen LogP contribution in [0.4, 0.5) is 33.7 Å². The molecule has 1 aliphatic rings. The van der Waals surface area contributed by atoms with Crippen molar-refractivity contribution in [3.05, 3.63) is 77.1 Å². The second kappa shape index (κ2) is 12.5. The molecule has 1 amide bonds. The number of nitrogens with zero attached hydrogens (tertiary/aromatic N) is 4. The van der Waals surface area contributed by atoms with Crippen LogP contribution in [0.2, 0.25) is 0 Å². The number of rotatable bonds is 7. The Labute approximate surface area is 261 Å². The molecule has 0 atom stereocenters. The predicted molar refractivity (Wildman–Crippen MR) is 167 cm³/mol. The molecule has 3 aromatic heterocycles. The second-order valence-corrected chi connectivity index (χ2v) is 11.1. The number of nitrogens with two attached hydrogens (primary N) is 1. The van der Waals surface area contributed by atoms with Gasteiger partial charge in [-0.2, -0.15) is 13.2 Å². The van der Waals surface area contributed by atoms with Crippen molar-refractivity contribution in [2.75, 3.05) is 30.3 Å². The predicted octanol–water partition coefficient (Wildman–Crippen LogP) is 7.74. The molecule has 0 unspecified atom stereocenters. The number of piperidine rings is 1. The zero-order valence-corrected chi connectivity index (χ0v) is 25.3. The number of hydrogen-bond donors (Lipinski definition) is 1. The zero-order chi connectivity index (χ0) is 32.5. The molecule has 0 spiro atoms. The van der Waals surface area contributed by atoms with Crippen LogP contribution in [0.3, 0.4) is 0 Å². The van der Waals surface area contributed by atoms with Crippen molar-refractivity contribution in [3.8, 4) is 11.3 Å². The molecule has 1 saturated heterocycles. The molecule has 0 saturated carbocycles. The number of hydrogen-bond acceptors (Lipinski definition) is 6. The van der Waals surface area contributed by atoms with Gasteiger partial charge in [-0.05, 0) is 61.4 Å². The van der Waals surface area contributed by atoms with E-state index >= 15 is 0 Å². The van der Waals surface area contributed by atoms with Crippen LogP contribution in [0.1, 0.15) is 49.8 Å². The van der Waals surface area contributed by atoms with E-state index in [-0.39, 0.29) is 55.0 Å². The first-order valence-corrected chi connectivity index (χ1v) is 14.7. The monoisotopic (exact) mass is 643 g/mol. The Morgan fingerprint density at radius 1 is 1.09 bits per heavy atom. The van der Waals surface area contributed by atoms with Gasteiger partial charge in [-0.1, -0.05) is 19.1 Å². The molecule has 4 aromatic rings. The van der Waals surface area contributed by atoms with Crippen molar-refractivity contribution in [3.63, 3.8) is 0 Å². The molecular formula is C32H30F5N5O2S. The summed E-state index contributed by atoms with van der Waals surface area (Å²) in [6.45, 7) is 3.85. The molecule has 0 bridgehead atoms. The minimum Gasteiger partial charge on any atom is -0.439 e. The van der Waals surface area contributed by atoms with Gasteiger partial charge in [0.2, 0.25) is 5.88 Å². The van der Waals surface area contributed by atoms with Crippen molar-refractivity contribution in [1.29, 1.82) is 0 Å². The van der Waals surface area contributed by atoms with Crippen LogP contribution in [-0.4, -0.2) is 51.3 Å². The van der Waals surface area contributed by atoms with E-state index in [9.17, 15) is 26.7 Å². The van der Waals surface area contributed by atoms with E-state index in [2.05, 4.69) is 9.97 Å². The second-order valence-electron chi connectivity index (χ2n) is 10.7. The van der Waals surface area contributed by atoms with Gasteiger partial charge in [0.25, 0.3) is 11.8 Å². The highest BCUT2D eigenvalue weighted by Gasteiger charge is 2.37. The summed E-state index contributed by atoms with van der Waals surface area (Å²) in [6, 6.07) is 10.3. The maximum atomic E-state index is 14.3. The third-order valence-corrected chi connectivity index (χ3v) is 8.12. The quantitative estimate of drug-likeness (QED) is 0.125. The summed E-state index contributed by atoms with van der Waals surface area (Å²) >= 11 is 5.47. The number of anilines is 2. The normalized spacial score (nSPS) is 15.4. The molecule has 7 nitrogen and oxygen atoms in total. The van der Waals surface area contributed by atoms with Gasteiger partial charge >= 0.3 is 6.18 Å². The average Bonchev–Trinajstić information content (AvgIpc) is 3.43. The molecular weight excluding hydrogens is 613 g/mol. The Morgan fingerprint density at radius 3 is 2.40 bits per heavy atom. The lowest BCUT2D eigenvalue weighted by atomic mass is 10.0. The van der Waals surface area contributed by atoms with E-state index in [4.69, 9.17) is 22.4 Å². The fraction of sp³-hybridized carbons (Fsp3) is 0.312. The lowest BCUT2D eigenvalue weighted by molar-refractivity contribution is -0.136. The van der Waals surface area contributed by atoms with E-state index < -0.39 is 29.2 Å². The van der Waals surface area contributed by atoms with Crippen LogP contribution in [0.5, 0.6) is 0 Å². The summed E-state index contributed by atoms with van der Waals surface area (Å²) in [5, 5.41) is 0.140. The Hall–Kier alpha value is -4.39. The number of carbonyl (C=O) groups excluding carboxylic acids is 1.